The zero-order valence-corrected chi connectivity index (χ0v) is 11.8. The highest BCUT2D eigenvalue weighted by molar-refractivity contribution is 5.97. The number of methoxy groups -OCH3 is 1. The molecule has 104 valence electrons. The lowest BCUT2D eigenvalue weighted by Crippen LogP contribution is -2.18. The Morgan fingerprint density at radius 3 is 2.30 bits per heavy atom. The number of hydrogen-bond donors (Lipinski definition) is 1. The van der Waals surface area contributed by atoms with Crippen LogP contribution >= 0.6 is 0 Å². The molecule has 0 unspecified atom stereocenters. The third kappa shape index (κ3) is 3.09. The second-order valence-electron chi connectivity index (χ2n) is 4.36. The smallest absolute Gasteiger partial charge is 0.254 e. The molecule has 2 aromatic carbocycles. The van der Waals surface area contributed by atoms with Crippen molar-refractivity contribution < 1.29 is 14.3 Å². The average molecular weight is 271 g/mol. The van der Waals surface area contributed by atoms with Crippen molar-refractivity contribution >= 4 is 5.91 Å². The summed E-state index contributed by atoms with van der Waals surface area (Å²) in [4.78, 5) is 11.8. The Morgan fingerprint density at radius 2 is 1.70 bits per heavy atom. The van der Waals surface area contributed by atoms with Crippen LogP contribution in [0.15, 0.2) is 42.5 Å². The van der Waals surface area contributed by atoms with E-state index in [9.17, 15) is 4.79 Å². The number of carbonyl (C=O) groups is 1. The van der Waals surface area contributed by atoms with E-state index in [0.29, 0.717) is 17.1 Å². The first-order valence-electron chi connectivity index (χ1n) is 6.28. The first kappa shape index (κ1) is 13.9. The minimum atomic E-state index is -0.212. The number of benzene rings is 2. The van der Waals surface area contributed by atoms with Crippen LogP contribution in [-0.2, 0) is 0 Å². The van der Waals surface area contributed by atoms with Crippen molar-refractivity contribution in [1.29, 1.82) is 0 Å². The Hall–Kier alpha value is -2.49. The zero-order valence-electron chi connectivity index (χ0n) is 11.8. The summed E-state index contributed by atoms with van der Waals surface area (Å²) < 4.78 is 10.9. The molecule has 0 bridgehead atoms. The molecule has 2 rings (SSSR count). The van der Waals surface area contributed by atoms with E-state index >= 15 is 0 Å². The third-order valence-corrected chi connectivity index (χ3v) is 2.90. The van der Waals surface area contributed by atoms with E-state index < -0.39 is 0 Å². The fourth-order valence-corrected chi connectivity index (χ4v) is 1.81. The second kappa shape index (κ2) is 6.10. The van der Waals surface area contributed by atoms with Gasteiger partial charge in [-0.15, -0.1) is 0 Å². The summed E-state index contributed by atoms with van der Waals surface area (Å²) in [5.74, 6) is 1.62. The van der Waals surface area contributed by atoms with E-state index in [2.05, 4.69) is 5.32 Å². The number of nitrogens with one attached hydrogen (secondary N) is 1. The molecule has 4 nitrogen and oxygen atoms in total. The highest BCUT2D eigenvalue weighted by Gasteiger charge is 2.12. The monoisotopic (exact) mass is 271 g/mol. The lowest BCUT2D eigenvalue weighted by molar-refractivity contribution is 0.0959. The fraction of sp³-hybridized carbons (Fsp3) is 0.188. The molecule has 1 N–H and O–H groups in total. The fourth-order valence-electron chi connectivity index (χ4n) is 1.81. The van der Waals surface area contributed by atoms with Crippen LogP contribution in [0.1, 0.15) is 15.9 Å². The van der Waals surface area contributed by atoms with Crippen molar-refractivity contribution in [2.45, 2.75) is 6.92 Å². The van der Waals surface area contributed by atoms with E-state index in [4.69, 9.17) is 9.47 Å². The van der Waals surface area contributed by atoms with Crippen LogP contribution in [0.4, 0.5) is 0 Å². The number of amides is 1. The summed E-state index contributed by atoms with van der Waals surface area (Å²) in [5.41, 5.74) is 1.61. The highest BCUT2D eigenvalue weighted by Crippen LogP contribution is 2.27. The maximum atomic E-state index is 11.8. The van der Waals surface area contributed by atoms with E-state index in [-0.39, 0.29) is 5.91 Å². The molecular weight excluding hydrogens is 254 g/mol. The number of rotatable bonds is 4. The largest absolute Gasteiger partial charge is 0.496 e. The molecule has 1 amide bonds. The van der Waals surface area contributed by atoms with Crippen molar-refractivity contribution in [1.82, 2.24) is 5.32 Å². The van der Waals surface area contributed by atoms with Crippen LogP contribution in [0, 0.1) is 6.92 Å². The second-order valence-corrected chi connectivity index (χ2v) is 4.36. The molecule has 2 aromatic rings. The summed E-state index contributed by atoms with van der Waals surface area (Å²) in [5, 5.41) is 2.58. The summed E-state index contributed by atoms with van der Waals surface area (Å²) in [7, 11) is 3.11. The molecule has 0 radical (unpaired) electrons. The van der Waals surface area contributed by atoms with Gasteiger partial charge in [0.1, 0.15) is 17.2 Å². The van der Waals surface area contributed by atoms with Gasteiger partial charge < -0.3 is 14.8 Å². The molecule has 0 aliphatic rings. The van der Waals surface area contributed by atoms with Gasteiger partial charge in [-0.1, -0.05) is 17.7 Å². The minimum absolute atomic E-state index is 0.212. The van der Waals surface area contributed by atoms with Gasteiger partial charge in [-0.25, -0.2) is 0 Å². The van der Waals surface area contributed by atoms with Crippen molar-refractivity contribution in [2.75, 3.05) is 14.2 Å². The summed E-state index contributed by atoms with van der Waals surface area (Å²) >= 11 is 0. The van der Waals surface area contributed by atoms with Gasteiger partial charge in [0.25, 0.3) is 5.91 Å². The SMILES string of the molecule is CNC(=O)c1cc(Oc2ccc(C)cc2)ccc1OC. The van der Waals surface area contributed by atoms with E-state index in [1.807, 2.05) is 31.2 Å². The van der Waals surface area contributed by atoms with Gasteiger partial charge in [0.15, 0.2) is 0 Å². The average Bonchev–Trinajstić information content (AvgIpc) is 2.48. The predicted octanol–water partition coefficient (Wildman–Crippen LogP) is 3.16. The molecule has 0 heterocycles. The molecule has 0 fully saturated rings. The molecule has 20 heavy (non-hydrogen) atoms. The first-order chi connectivity index (χ1) is 9.63. The Bertz CT molecular complexity index is 606. The van der Waals surface area contributed by atoms with Crippen LogP contribution in [0.5, 0.6) is 17.2 Å². The van der Waals surface area contributed by atoms with Crippen LogP contribution in [0.25, 0.3) is 0 Å². The van der Waals surface area contributed by atoms with Gasteiger partial charge in [-0.2, -0.15) is 0 Å². The van der Waals surface area contributed by atoms with Crippen molar-refractivity contribution in [3.8, 4) is 17.2 Å². The molecule has 0 saturated carbocycles. The van der Waals surface area contributed by atoms with Crippen LogP contribution in [-0.4, -0.2) is 20.1 Å². The standard InChI is InChI=1S/C16H17NO3/c1-11-4-6-12(7-5-11)20-13-8-9-15(19-3)14(10-13)16(18)17-2/h4-10H,1-3H3,(H,17,18). The van der Waals surface area contributed by atoms with Crippen molar-refractivity contribution in [3.05, 3.63) is 53.6 Å². The summed E-state index contributed by atoms with van der Waals surface area (Å²) in [6.45, 7) is 2.01. The van der Waals surface area contributed by atoms with Gasteiger partial charge in [-0.05, 0) is 37.3 Å². The summed E-state index contributed by atoms with van der Waals surface area (Å²) in [6.07, 6.45) is 0. The van der Waals surface area contributed by atoms with Crippen molar-refractivity contribution in [2.24, 2.45) is 0 Å². The maximum Gasteiger partial charge on any atom is 0.254 e. The maximum absolute atomic E-state index is 11.8. The molecule has 0 aliphatic heterocycles. The minimum Gasteiger partial charge on any atom is -0.496 e. The number of aryl methyl sites for hydroxylation is 1. The van der Waals surface area contributed by atoms with Gasteiger partial charge in [-0.3, -0.25) is 4.79 Å². The van der Waals surface area contributed by atoms with Gasteiger partial charge >= 0.3 is 0 Å². The molecule has 4 heteroatoms. The first-order valence-corrected chi connectivity index (χ1v) is 6.28. The molecular formula is C16H17NO3. The normalized spacial score (nSPS) is 9.95. The summed E-state index contributed by atoms with van der Waals surface area (Å²) in [6, 6.07) is 12.9. The molecule has 0 atom stereocenters. The van der Waals surface area contributed by atoms with E-state index in [0.717, 1.165) is 11.3 Å². The number of ether oxygens (including phenoxy) is 2. The van der Waals surface area contributed by atoms with Gasteiger partial charge in [0.05, 0.1) is 12.7 Å². The molecule has 0 aliphatic carbocycles. The lowest BCUT2D eigenvalue weighted by Gasteiger charge is -2.11. The van der Waals surface area contributed by atoms with Crippen LogP contribution in [0.3, 0.4) is 0 Å². The predicted molar refractivity (Wildman–Crippen MR) is 77.6 cm³/mol. The zero-order chi connectivity index (χ0) is 14.5. The highest BCUT2D eigenvalue weighted by atomic mass is 16.5. The Balaban J connectivity index is 2.28. The Labute approximate surface area is 118 Å². The van der Waals surface area contributed by atoms with Crippen LogP contribution < -0.4 is 14.8 Å². The van der Waals surface area contributed by atoms with E-state index in [1.165, 1.54) is 7.11 Å². The number of carbonyl (C=O) groups excluding carboxylic acids is 1. The molecule has 0 aromatic heterocycles. The van der Waals surface area contributed by atoms with E-state index in [1.54, 1.807) is 25.2 Å². The third-order valence-electron chi connectivity index (χ3n) is 2.90. The molecule has 0 spiro atoms. The Kier molecular flexibility index (Phi) is 4.25. The lowest BCUT2D eigenvalue weighted by atomic mass is 10.1. The quantitative estimate of drug-likeness (QED) is 0.929. The van der Waals surface area contributed by atoms with Crippen molar-refractivity contribution in [3.63, 3.8) is 0 Å². The van der Waals surface area contributed by atoms with Gasteiger partial charge in [0, 0.05) is 7.05 Å². The topological polar surface area (TPSA) is 47.6 Å². The Morgan fingerprint density at radius 1 is 1.05 bits per heavy atom. The molecule has 0 saturated heterocycles. The van der Waals surface area contributed by atoms with Crippen LogP contribution in [0.2, 0.25) is 0 Å². The number of hydrogen-bond acceptors (Lipinski definition) is 3. The van der Waals surface area contributed by atoms with Gasteiger partial charge in [0.2, 0.25) is 0 Å².